The number of ether oxygens (including phenoxy) is 1. The normalized spacial score (nSPS) is 20.6. The number of halogens is 4. The fourth-order valence-electron chi connectivity index (χ4n) is 5.74. The van der Waals surface area contributed by atoms with Crippen molar-refractivity contribution in [2.45, 2.75) is 56.4 Å². The number of rotatable bonds is 6. The molecule has 8 nitrogen and oxygen atoms in total. The zero-order chi connectivity index (χ0) is 29.2. The molecule has 13 heteroatoms. The number of carbonyl (C=O) groups excluding carboxylic acids is 1. The summed E-state index contributed by atoms with van der Waals surface area (Å²) in [5.41, 5.74) is 2.06. The van der Waals surface area contributed by atoms with Gasteiger partial charge in [0.25, 0.3) is 5.56 Å². The second-order valence-electron chi connectivity index (χ2n) is 11.0. The molecule has 2 aromatic heterocycles. The summed E-state index contributed by atoms with van der Waals surface area (Å²) in [6.07, 6.45) is -0.956. The van der Waals surface area contributed by atoms with Gasteiger partial charge < -0.3 is 15.0 Å². The maximum absolute atomic E-state index is 14.0. The van der Waals surface area contributed by atoms with Crippen molar-refractivity contribution in [2.24, 2.45) is 0 Å². The largest absolute Gasteiger partial charge is 0.447 e. The molecular formula is C29H25ClF3N5O3S. The smallest absolute Gasteiger partial charge is 0.427 e. The Morgan fingerprint density at radius 1 is 1.12 bits per heavy atom. The van der Waals surface area contributed by atoms with Crippen LogP contribution in [0, 0.1) is 0 Å². The number of piperidine rings is 1. The average molecular weight is 616 g/mol. The number of nitrogens with one attached hydrogen (secondary N) is 1. The molecule has 3 aliphatic rings. The van der Waals surface area contributed by atoms with Gasteiger partial charge in [-0.15, -0.1) is 11.3 Å². The lowest BCUT2D eigenvalue weighted by Crippen LogP contribution is -2.45. The van der Waals surface area contributed by atoms with Crippen LogP contribution in [0.1, 0.15) is 47.9 Å². The van der Waals surface area contributed by atoms with E-state index in [-0.39, 0.29) is 34.7 Å². The Morgan fingerprint density at radius 3 is 2.62 bits per heavy atom. The number of benzene rings is 2. The highest BCUT2D eigenvalue weighted by molar-refractivity contribution is 7.15. The molecule has 3 fully saturated rings. The van der Waals surface area contributed by atoms with Gasteiger partial charge in [-0.1, -0.05) is 23.7 Å². The van der Waals surface area contributed by atoms with E-state index in [2.05, 4.69) is 10.3 Å². The van der Waals surface area contributed by atoms with E-state index in [1.54, 1.807) is 33.7 Å². The number of cyclic esters (lactones) is 1. The predicted molar refractivity (Wildman–Crippen MR) is 153 cm³/mol. The van der Waals surface area contributed by atoms with E-state index in [4.69, 9.17) is 21.3 Å². The first-order valence-electron chi connectivity index (χ1n) is 13.7. The quantitative estimate of drug-likeness (QED) is 0.266. The molecule has 2 saturated heterocycles. The summed E-state index contributed by atoms with van der Waals surface area (Å²) >= 11 is 6.62. The Balaban J connectivity index is 1.33. The lowest BCUT2D eigenvalue weighted by molar-refractivity contribution is -0.134. The number of anilines is 1. The fourth-order valence-corrected chi connectivity index (χ4v) is 6.68. The van der Waals surface area contributed by atoms with E-state index in [0.717, 1.165) is 24.6 Å². The third kappa shape index (κ3) is 5.11. The minimum atomic E-state index is -4.52. The van der Waals surface area contributed by atoms with Gasteiger partial charge >= 0.3 is 12.3 Å². The Morgan fingerprint density at radius 2 is 1.90 bits per heavy atom. The van der Waals surface area contributed by atoms with Crippen molar-refractivity contribution in [1.29, 1.82) is 0 Å². The monoisotopic (exact) mass is 615 g/mol. The molecule has 0 spiro atoms. The van der Waals surface area contributed by atoms with Crippen LogP contribution in [0.4, 0.5) is 23.7 Å². The molecule has 42 heavy (non-hydrogen) atoms. The number of fused-ring (bicyclic) bond motifs is 2. The van der Waals surface area contributed by atoms with Gasteiger partial charge in [-0.3, -0.25) is 9.36 Å². The van der Waals surface area contributed by atoms with E-state index >= 15 is 0 Å². The Labute approximate surface area is 247 Å². The van der Waals surface area contributed by atoms with Crippen LogP contribution in [0.25, 0.3) is 21.5 Å². The van der Waals surface area contributed by atoms with Crippen LogP contribution in [0.5, 0.6) is 0 Å². The predicted octanol–water partition coefficient (Wildman–Crippen LogP) is 6.51. The van der Waals surface area contributed by atoms with Gasteiger partial charge in [-0.05, 0) is 55.5 Å². The topological polar surface area (TPSA) is 89.3 Å². The second-order valence-corrected chi connectivity index (χ2v) is 12.5. The maximum Gasteiger partial charge on any atom is 0.427 e. The van der Waals surface area contributed by atoms with Gasteiger partial charge in [0.2, 0.25) is 0 Å². The summed E-state index contributed by atoms with van der Waals surface area (Å²) in [4.78, 5) is 35.9. The van der Waals surface area contributed by atoms with Gasteiger partial charge in [0, 0.05) is 34.8 Å². The first-order valence-corrected chi connectivity index (χ1v) is 14.9. The Hall–Kier alpha value is -3.64. The zero-order valence-corrected chi connectivity index (χ0v) is 23.7. The summed E-state index contributed by atoms with van der Waals surface area (Å²) in [5.74, 6) is 0.816. The summed E-state index contributed by atoms with van der Waals surface area (Å²) in [6, 6.07) is 10.5. The first-order chi connectivity index (χ1) is 20.1. The van der Waals surface area contributed by atoms with E-state index in [1.165, 1.54) is 0 Å². The van der Waals surface area contributed by atoms with Gasteiger partial charge in [0.15, 0.2) is 0 Å². The molecule has 0 radical (unpaired) electrons. The lowest BCUT2D eigenvalue weighted by atomic mass is 9.97. The molecule has 0 unspecified atom stereocenters. The summed E-state index contributed by atoms with van der Waals surface area (Å²) in [6.45, 7) is 1.12. The van der Waals surface area contributed by atoms with Gasteiger partial charge in [-0.25, -0.2) is 14.8 Å². The molecular weight excluding hydrogens is 591 g/mol. The van der Waals surface area contributed by atoms with Crippen molar-refractivity contribution >= 4 is 45.6 Å². The van der Waals surface area contributed by atoms with Crippen molar-refractivity contribution in [2.75, 3.05) is 18.5 Å². The lowest BCUT2D eigenvalue weighted by Gasteiger charge is -2.33. The number of carbonyl (C=O) groups is 1. The summed E-state index contributed by atoms with van der Waals surface area (Å²) in [7, 11) is 0. The SMILES string of the molecule is O=C1OC[C@@H]2C[C@@H](Nc3cc4c(=O)n(Cc5ccc(Cl)cc5)c(C5CC5)nc4cc3-c3ncc(C(F)(F)F)s3)CCN12. The van der Waals surface area contributed by atoms with Crippen molar-refractivity contribution < 1.29 is 22.7 Å². The first kappa shape index (κ1) is 27.2. The molecule has 7 rings (SSSR count). The number of hydrogen-bond acceptors (Lipinski definition) is 7. The fraction of sp³-hybridized carbons (Fsp3) is 0.379. The molecule has 4 aromatic rings. The van der Waals surface area contributed by atoms with Crippen LogP contribution in [0.15, 0.2) is 47.4 Å². The molecule has 218 valence electrons. The molecule has 2 atom stereocenters. The highest BCUT2D eigenvalue weighted by Crippen LogP contribution is 2.42. The molecule has 4 heterocycles. The van der Waals surface area contributed by atoms with Crippen LogP contribution < -0.4 is 10.9 Å². The molecule has 0 bridgehead atoms. The van der Waals surface area contributed by atoms with Crippen LogP contribution in [-0.2, 0) is 17.5 Å². The Bertz CT molecular complexity index is 1750. The molecule has 1 saturated carbocycles. The van der Waals surface area contributed by atoms with Crippen LogP contribution in [0.2, 0.25) is 5.02 Å². The summed E-state index contributed by atoms with van der Waals surface area (Å²) < 4.78 is 47.4. The highest BCUT2D eigenvalue weighted by atomic mass is 35.5. The van der Waals surface area contributed by atoms with E-state index in [0.29, 0.717) is 76.9 Å². The van der Waals surface area contributed by atoms with Gasteiger partial charge in [0.05, 0.1) is 29.7 Å². The van der Waals surface area contributed by atoms with E-state index in [9.17, 15) is 22.8 Å². The molecule has 1 aliphatic carbocycles. The van der Waals surface area contributed by atoms with Crippen molar-refractivity contribution in [1.82, 2.24) is 19.4 Å². The zero-order valence-electron chi connectivity index (χ0n) is 22.2. The van der Waals surface area contributed by atoms with Crippen molar-refractivity contribution in [3.8, 4) is 10.6 Å². The van der Waals surface area contributed by atoms with Crippen LogP contribution in [0.3, 0.4) is 0 Å². The Kier molecular flexibility index (Phi) is 6.65. The number of aromatic nitrogens is 3. The minimum absolute atomic E-state index is 0.0799. The summed E-state index contributed by atoms with van der Waals surface area (Å²) in [5, 5.41) is 4.62. The molecule has 1 amide bonds. The number of amides is 1. The highest BCUT2D eigenvalue weighted by Gasteiger charge is 2.39. The van der Waals surface area contributed by atoms with Gasteiger partial charge in [-0.2, -0.15) is 13.2 Å². The number of nitrogens with zero attached hydrogens (tertiary/aromatic N) is 4. The molecule has 2 aliphatic heterocycles. The number of hydrogen-bond donors (Lipinski definition) is 1. The number of thiazole rings is 1. The molecule has 2 aromatic carbocycles. The van der Waals surface area contributed by atoms with Crippen molar-refractivity contribution in [3.05, 3.63) is 74.2 Å². The van der Waals surface area contributed by atoms with Crippen LogP contribution >= 0.6 is 22.9 Å². The van der Waals surface area contributed by atoms with Crippen LogP contribution in [-0.4, -0.2) is 50.8 Å². The second kappa shape index (κ2) is 10.3. The average Bonchev–Trinajstić information content (AvgIpc) is 3.56. The van der Waals surface area contributed by atoms with E-state index in [1.807, 2.05) is 12.1 Å². The van der Waals surface area contributed by atoms with Gasteiger partial charge in [0.1, 0.15) is 22.3 Å². The van der Waals surface area contributed by atoms with E-state index < -0.39 is 11.1 Å². The maximum atomic E-state index is 14.0. The van der Waals surface area contributed by atoms with Crippen molar-refractivity contribution in [3.63, 3.8) is 0 Å². The minimum Gasteiger partial charge on any atom is -0.447 e. The third-order valence-corrected chi connectivity index (χ3v) is 9.37. The number of alkyl halides is 3. The third-order valence-electron chi connectivity index (χ3n) is 8.04. The standard InChI is InChI=1S/C29H25ClF3N5O3S/c30-17-5-1-15(2-6-17)13-38-25(16-3-4-16)36-23-10-20(26-34-12-24(42-26)29(31,32)33)22(11-21(23)27(38)39)35-18-7-8-37-19(9-18)14-41-28(37)40/h1-2,5-6,10-12,16,18-19,35H,3-4,7-9,13-14H2/t18-,19-/m0/s1. The molecule has 1 N–H and O–H groups in total.